The number of aromatic carboxylic acids is 1. The van der Waals surface area contributed by atoms with Crippen molar-refractivity contribution >= 4 is 29.1 Å². The molecule has 27 heavy (non-hydrogen) atoms. The van der Waals surface area contributed by atoms with Gasteiger partial charge in [0.15, 0.2) is 0 Å². The number of rotatable bonds is 5. The van der Waals surface area contributed by atoms with E-state index in [-0.39, 0.29) is 0 Å². The monoisotopic (exact) mass is 395 g/mol. The number of hydrogen-bond donors (Lipinski definition) is 1. The molecule has 138 valence electrons. The standard InChI is InChI=1S/C22H21NO2S2/c1-14-8-10-15(11-9-14)13-27-21-19(22(24)25)16-5-2-3-6-17(16)20(23-21)18-7-4-12-26-18/h4,7-12H,2-3,5-6,13H2,1H3,(H,24,25). The lowest BCUT2D eigenvalue weighted by atomic mass is 9.87. The SMILES string of the molecule is Cc1ccc(CSc2nc(-c3cccs3)c3c(c2C(=O)O)CCCC3)cc1. The smallest absolute Gasteiger partial charge is 0.338 e. The molecule has 1 aliphatic carbocycles. The zero-order valence-corrected chi connectivity index (χ0v) is 16.8. The molecule has 1 N–H and O–H groups in total. The third-order valence-corrected chi connectivity index (χ3v) is 6.87. The normalized spacial score (nSPS) is 13.4. The van der Waals surface area contributed by atoms with Crippen LogP contribution < -0.4 is 0 Å². The van der Waals surface area contributed by atoms with Crippen LogP contribution >= 0.6 is 23.1 Å². The van der Waals surface area contributed by atoms with Crippen LogP contribution in [0.25, 0.3) is 10.6 Å². The van der Waals surface area contributed by atoms with Crippen molar-refractivity contribution in [3.05, 3.63) is 69.6 Å². The molecule has 0 fully saturated rings. The van der Waals surface area contributed by atoms with Gasteiger partial charge in [0.25, 0.3) is 0 Å². The number of thioether (sulfide) groups is 1. The first-order valence-corrected chi connectivity index (χ1v) is 11.0. The number of hydrogen-bond acceptors (Lipinski definition) is 4. The van der Waals surface area contributed by atoms with E-state index in [1.165, 1.54) is 22.9 Å². The van der Waals surface area contributed by atoms with Gasteiger partial charge in [-0.25, -0.2) is 9.78 Å². The molecule has 2 aromatic heterocycles. The molecule has 1 aromatic carbocycles. The second kappa shape index (κ2) is 7.87. The van der Waals surface area contributed by atoms with E-state index in [2.05, 4.69) is 42.6 Å². The molecule has 2 heterocycles. The van der Waals surface area contributed by atoms with E-state index in [1.807, 2.05) is 6.07 Å². The number of nitrogens with zero attached hydrogens (tertiary/aromatic N) is 1. The van der Waals surface area contributed by atoms with Gasteiger partial charge in [-0.15, -0.1) is 23.1 Å². The van der Waals surface area contributed by atoms with Gasteiger partial charge in [0.1, 0.15) is 5.03 Å². The van der Waals surface area contributed by atoms with E-state index in [1.54, 1.807) is 11.3 Å². The van der Waals surface area contributed by atoms with Gasteiger partial charge in [0.2, 0.25) is 0 Å². The quantitative estimate of drug-likeness (QED) is 0.539. The fraction of sp³-hybridized carbons (Fsp3) is 0.273. The van der Waals surface area contributed by atoms with Gasteiger partial charge in [-0.2, -0.15) is 0 Å². The number of fused-ring (bicyclic) bond motifs is 1. The third kappa shape index (κ3) is 3.80. The summed E-state index contributed by atoms with van der Waals surface area (Å²) in [6.07, 6.45) is 3.89. The summed E-state index contributed by atoms with van der Waals surface area (Å²) in [6.45, 7) is 2.07. The van der Waals surface area contributed by atoms with Gasteiger partial charge in [-0.3, -0.25) is 0 Å². The van der Waals surface area contributed by atoms with Crippen molar-refractivity contribution in [1.82, 2.24) is 4.98 Å². The average Bonchev–Trinajstić information content (AvgIpc) is 3.21. The molecule has 0 aliphatic heterocycles. The Balaban J connectivity index is 1.78. The summed E-state index contributed by atoms with van der Waals surface area (Å²) >= 11 is 3.20. The summed E-state index contributed by atoms with van der Waals surface area (Å²) in [5, 5.41) is 12.6. The second-order valence-electron chi connectivity index (χ2n) is 6.86. The molecule has 0 unspecified atom stereocenters. The van der Waals surface area contributed by atoms with Crippen molar-refractivity contribution in [3.8, 4) is 10.6 Å². The van der Waals surface area contributed by atoms with Crippen molar-refractivity contribution in [2.45, 2.75) is 43.4 Å². The van der Waals surface area contributed by atoms with Gasteiger partial charge in [-0.1, -0.05) is 35.9 Å². The first-order chi connectivity index (χ1) is 13.1. The summed E-state index contributed by atoms with van der Waals surface area (Å²) in [5.41, 5.74) is 5.94. The molecular weight excluding hydrogens is 374 g/mol. The lowest BCUT2D eigenvalue weighted by Gasteiger charge is -2.22. The number of benzene rings is 1. The van der Waals surface area contributed by atoms with Crippen LogP contribution in [0.1, 0.15) is 45.5 Å². The molecule has 0 bridgehead atoms. The van der Waals surface area contributed by atoms with E-state index >= 15 is 0 Å². The molecule has 0 radical (unpaired) electrons. The maximum atomic E-state index is 12.1. The van der Waals surface area contributed by atoms with Crippen LogP contribution in [-0.2, 0) is 18.6 Å². The molecule has 3 nitrogen and oxygen atoms in total. The number of carboxylic acid groups (broad SMARTS) is 1. The van der Waals surface area contributed by atoms with Crippen LogP contribution in [-0.4, -0.2) is 16.1 Å². The van der Waals surface area contributed by atoms with Crippen LogP contribution in [0.3, 0.4) is 0 Å². The first kappa shape index (κ1) is 18.3. The van der Waals surface area contributed by atoms with Gasteiger partial charge < -0.3 is 5.11 Å². The Hall–Kier alpha value is -2.11. The van der Waals surface area contributed by atoms with Crippen LogP contribution in [0, 0.1) is 6.92 Å². The molecule has 0 amide bonds. The number of aromatic nitrogens is 1. The van der Waals surface area contributed by atoms with Crippen LogP contribution in [0.2, 0.25) is 0 Å². The fourth-order valence-corrected chi connectivity index (χ4v) is 5.32. The summed E-state index contributed by atoms with van der Waals surface area (Å²) in [6, 6.07) is 12.5. The molecular formula is C22H21NO2S2. The average molecular weight is 396 g/mol. The van der Waals surface area contributed by atoms with E-state index in [0.717, 1.165) is 53.1 Å². The number of carbonyl (C=O) groups is 1. The van der Waals surface area contributed by atoms with Crippen molar-refractivity contribution < 1.29 is 9.90 Å². The van der Waals surface area contributed by atoms with E-state index in [0.29, 0.717) is 10.6 Å². The Bertz CT molecular complexity index is 963. The van der Waals surface area contributed by atoms with Gasteiger partial charge in [-0.05, 0) is 60.7 Å². The molecule has 4 rings (SSSR count). The minimum atomic E-state index is -0.857. The predicted octanol–water partition coefficient (Wildman–Crippen LogP) is 5.99. The lowest BCUT2D eigenvalue weighted by molar-refractivity contribution is 0.0690. The second-order valence-corrected chi connectivity index (χ2v) is 8.77. The highest BCUT2D eigenvalue weighted by Crippen LogP contribution is 2.39. The molecule has 3 aromatic rings. The predicted molar refractivity (Wildman–Crippen MR) is 112 cm³/mol. The summed E-state index contributed by atoms with van der Waals surface area (Å²) < 4.78 is 0. The van der Waals surface area contributed by atoms with Gasteiger partial charge in [0, 0.05) is 5.75 Å². The Morgan fingerprint density at radius 1 is 1.15 bits per heavy atom. The van der Waals surface area contributed by atoms with Crippen LogP contribution in [0.5, 0.6) is 0 Å². The van der Waals surface area contributed by atoms with E-state index in [4.69, 9.17) is 4.98 Å². The Morgan fingerprint density at radius 3 is 2.56 bits per heavy atom. The topological polar surface area (TPSA) is 50.2 Å². The molecule has 5 heteroatoms. The number of pyridine rings is 1. The van der Waals surface area contributed by atoms with Gasteiger partial charge >= 0.3 is 5.97 Å². The van der Waals surface area contributed by atoms with Gasteiger partial charge in [0.05, 0.1) is 16.1 Å². The first-order valence-electron chi connectivity index (χ1n) is 9.14. The number of aryl methyl sites for hydroxylation is 1. The number of carboxylic acids is 1. The Labute approximate surface area is 167 Å². The van der Waals surface area contributed by atoms with Crippen LogP contribution in [0.15, 0.2) is 46.8 Å². The largest absolute Gasteiger partial charge is 0.478 e. The maximum absolute atomic E-state index is 12.1. The van der Waals surface area contributed by atoms with E-state index in [9.17, 15) is 9.90 Å². The molecule has 0 saturated carbocycles. The minimum Gasteiger partial charge on any atom is -0.478 e. The summed E-state index contributed by atoms with van der Waals surface area (Å²) in [4.78, 5) is 18.1. The molecule has 0 atom stereocenters. The zero-order chi connectivity index (χ0) is 18.8. The third-order valence-electron chi connectivity index (χ3n) is 4.95. The van der Waals surface area contributed by atoms with Crippen molar-refractivity contribution in [2.24, 2.45) is 0 Å². The van der Waals surface area contributed by atoms with E-state index < -0.39 is 5.97 Å². The van der Waals surface area contributed by atoms with Crippen molar-refractivity contribution in [1.29, 1.82) is 0 Å². The highest BCUT2D eigenvalue weighted by atomic mass is 32.2. The minimum absolute atomic E-state index is 0.419. The summed E-state index contributed by atoms with van der Waals surface area (Å²) in [7, 11) is 0. The van der Waals surface area contributed by atoms with Crippen molar-refractivity contribution in [2.75, 3.05) is 0 Å². The zero-order valence-electron chi connectivity index (χ0n) is 15.2. The fourth-order valence-electron chi connectivity index (χ4n) is 3.57. The maximum Gasteiger partial charge on any atom is 0.338 e. The lowest BCUT2D eigenvalue weighted by Crippen LogP contribution is -2.15. The molecule has 0 saturated heterocycles. The Kier molecular flexibility index (Phi) is 5.32. The number of thiophene rings is 1. The molecule has 1 aliphatic rings. The Morgan fingerprint density at radius 2 is 1.89 bits per heavy atom. The summed E-state index contributed by atoms with van der Waals surface area (Å²) in [5.74, 6) is -0.138. The highest BCUT2D eigenvalue weighted by molar-refractivity contribution is 7.98. The highest BCUT2D eigenvalue weighted by Gasteiger charge is 2.26. The van der Waals surface area contributed by atoms with Crippen LogP contribution in [0.4, 0.5) is 0 Å². The van der Waals surface area contributed by atoms with Crippen molar-refractivity contribution in [3.63, 3.8) is 0 Å². The molecule has 0 spiro atoms.